The van der Waals surface area contributed by atoms with Gasteiger partial charge in [-0.2, -0.15) is 0 Å². The fraction of sp³-hybridized carbons (Fsp3) is 0.667. The van der Waals surface area contributed by atoms with E-state index in [0.717, 1.165) is 95.5 Å². The number of hydrogen-bond donors (Lipinski definition) is 2. The van der Waals surface area contributed by atoms with Gasteiger partial charge in [-0.05, 0) is 64.2 Å². The third-order valence-electron chi connectivity index (χ3n) is 7.22. The largest absolute Gasteiger partial charge is 0.481 e. The second-order valence-corrected chi connectivity index (χ2v) is 10.9. The summed E-state index contributed by atoms with van der Waals surface area (Å²) in [7, 11) is 0. The first kappa shape index (κ1) is 37.6. The van der Waals surface area contributed by atoms with Crippen molar-refractivity contribution in [2.45, 2.75) is 149 Å². The smallest absolute Gasteiger partial charge is 0.310 e. The summed E-state index contributed by atoms with van der Waals surface area (Å²) in [5.41, 5.74) is 1.07. The Labute approximate surface area is 246 Å². The summed E-state index contributed by atoms with van der Waals surface area (Å²) in [5, 5.41) is 18.7. The van der Waals surface area contributed by atoms with Gasteiger partial charge in [0.25, 0.3) is 0 Å². The van der Waals surface area contributed by atoms with E-state index < -0.39 is 11.9 Å². The van der Waals surface area contributed by atoms with Crippen LogP contribution in [0, 0.1) is 5.92 Å². The number of hydrogen-bond acceptors (Lipinski definition) is 2. The Kier molecular flexibility index (Phi) is 27.9. The molecule has 0 aromatic rings. The minimum Gasteiger partial charge on any atom is -0.481 e. The third kappa shape index (κ3) is 25.9. The van der Waals surface area contributed by atoms with E-state index in [-0.39, 0.29) is 12.3 Å². The Bertz CT molecular complexity index is 757. The van der Waals surface area contributed by atoms with Gasteiger partial charge in [0, 0.05) is 6.42 Å². The molecule has 0 aliphatic heterocycles. The van der Waals surface area contributed by atoms with E-state index in [2.05, 4.69) is 68.5 Å². The van der Waals surface area contributed by atoms with Crippen LogP contribution in [-0.2, 0) is 9.59 Å². The van der Waals surface area contributed by atoms with Gasteiger partial charge in [-0.3, -0.25) is 9.59 Å². The lowest BCUT2D eigenvalue weighted by Gasteiger charge is -2.16. The SMILES string of the molecule is CCCCCC=CC=CC=CCCCCCC(C(=O)O)C(=CC=CCCCCCCCC(=O)O)CCCCCC. The van der Waals surface area contributed by atoms with Crippen LogP contribution >= 0.6 is 0 Å². The highest BCUT2D eigenvalue weighted by atomic mass is 16.4. The van der Waals surface area contributed by atoms with Crippen molar-refractivity contribution in [3.63, 3.8) is 0 Å². The molecule has 0 spiro atoms. The van der Waals surface area contributed by atoms with Crippen LogP contribution < -0.4 is 0 Å². The lowest BCUT2D eigenvalue weighted by Crippen LogP contribution is -2.16. The van der Waals surface area contributed by atoms with Crippen LogP contribution in [0.4, 0.5) is 0 Å². The lowest BCUT2D eigenvalue weighted by atomic mass is 9.88. The molecular formula is C36H60O4. The van der Waals surface area contributed by atoms with Crippen LogP contribution in [0.1, 0.15) is 149 Å². The highest BCUT2D eigenvalue weighted by Gasteiger charge is 2.21. The highest BCUT2D eigenvalue weighted by molar-refractivity contribution is 5.73. The first-order valence-electron chi connectivity index (χ1n) is 16.3. The molecule has 1 unspecified atom stereocenters. The predicted octanol–water partition coefficient (Wildman–Crippen LogP) is 11.2. The van der Waals surface area contributed by atoms with Gasteiger partial charge in [0.2, 0.25) is 0 Å². The Morgan fingerprint density at radius 2 is 1.02 bits per heavy atom. The van der Waals surface area contributed by atoms with Crippen LogP contribution in [-0.4, -0.2) is 22.2 Å². The summed E-state index contributed by atoms with van der Waals surface area (Å²) in [6.45, 7) is 4.42. The van der Waals surface area contributed by atoms with E-state index in [1.54, 1.807) is 0 Å². The van der Waals surface area contributed by atoms with Gasteiger partial charge in [-0.1, -0.05) is 138 Å². The normalized spacial score (nSPS) is 13.4. The highest BCUT2D eigenvalue weighted by Crippen LogP contribution is 2.25. The summed E-state index contributed by atoms with van der Waals surface area (Å²) in [6, 6.07) is 0. The van der Waals surface area contributed by atoms with Gasteiger partial charge in [0.05, 0.1) is 5.92 Å². The van der Waals surface area contributed by atoms with Gasteiger partial charge in [0.15, 0.2) is 0 Å². The number of unbranched alkanes of at least 4 members (excludes halogenated alkanes) is 14. The molecule has 2 N–H and O–H groups in total. The fourth-order valence-electron chi connectivity index (χ4n) is 4.73. The van der Waals surface area contributed by atoms with Gasteiger partial charge in [-0.15, -0.1) is 0 Å². The number of carbonyl (C=O) groups is 2. The van der Waals surface area contributed by atoms with E-state index in [4.69, 9.17) is 5.11 Å². The molecule has 0 saturated heterocycles. The number of carboxylic acid groups (broad SMARTS) is 2. The quantitative estimate of drug-likeness (QED) is 0.0742. The average molecular weight is 557 g/mol. The molecule has 0 amide bonds. The molecule has 0 aliphatic rings. The van der Waals surface area contributed by atoms with Crippen LogP contribution in [0.15, 0.2) is 60.3 Å². The molecule has 0 rings (SSSR count). The van der Waals surface area contributed by atoms with E-state index in [9.17, 15) is 14.7 Å². The predicted molar refractivity (Wildman–Crippen MR) is 172 cm³/mol. The zero-order valence-corrected chi connectivity index (χ0v) is 25.8. The number of rotatable bonds is 28. The van der Waals surface area contributed by atoms with E-state index >= 15 is 0 Å². The standard InChI is InChI=1S/C36H60O4/c1-3-5-7-9-10-11-12-13-14-15-16-20-23-27-31-34(36(39)40)33(29-25-8-6-4-2)30-26-22-19-17-18-21-24-28-32-35(37)38/h10-15,22,26,30,34H,3-9,16-21,23-25,27-29,31-32H2,1-2H3,(H,37,38)(H,39,40). The van der Waals surface area contributed by atoms with Crippen molar-refractivity contribution >= 4 is 11.9 Å². The van der Waals surface area contributed by atoms with Gasteiger partial charge >= 0.3 is 11.9 Å². The maximum atomic E-state index is 12.2. The first-order chi connectivity index (χ1) is 19.5. The zero-order chi connectivity index (χ0) is 29.5. The molecule has 4 nitrogen and oxygen atoms in total. The van der Waals surface area contributed by atoms with Crippen molar-refractivity contribution in [1.82, 2.24) is 0 Å². The summed E-state index contributed by atoms with van der Waals surface area (Å²) < 4.78 is 0. The molecule has 0 aromatic heterocycles. The van der Waals surface area contributed by atoms with E-state index in [1.165, 1.54) is 32.1 Å². The zero-order valence-electron chi connectivity index (χ0n) is 25.8. The number of carboxylic acids is 2. The van der Waals surface area contributed by atoms with Crippen molar-refractivity contribution in [3.05, 3.63) is 60.3 Å². The number of allylic oxidation sites excluding steroid dienone is 9. The summed E-state index contributed by atoms with van der Waals surface area (Å²) in [5.74, 6) is -1.79. The molecule has 40 heavy (non-hydrogen) atoms. The summed E-state index contributed by atoms with van der Waals surface area (Å²) >= 11 is 0. The van der Waals surface area contributed by atoms with Gasteiger partial charge in [-0.25, -0.2) is 0 Å². The molecule has 228 valence electrons. The topological polar surface area (TPSA) is 74.6 Å². The van der Waals surface area contributed by atoms with Crippen LogP contribution in [0.25, 0.3) is 0 Å². The van der Waals surface area contributed by atoms with E-state index in [1.807, 2.05) is 0 Å². The molecular weight excluding hydrogens is 496 g/mol. The minimum atomic E-state index is -0.711. The number of aliphatic carboxylic acids is 2. The van der Waals surface area contributed by atoms with Gasteiger partial charge < -0.3 is 10.2 Å². The van der Waals surface area contributed by atoms with Crippen molar-refractivity contribution in [3.8, 4) is 0 Å². The van der Waals surface area contributed by atoms with Crippen molar-refractivity contribution in [1.29, 1.82) is 0 Å². The molecule has 4 heteroatoms. The Balaban J connectivity index is 4.51. The molecule has 0 radical (unpaired) electrons. The van der Waals surface area contributed by atoms with Crippen molar-refractivity contribution in [2.75, 3.05) is 0 Å². The fourth-order valence-corrected chi connectivity index (χ4v) is 4.73. The third-order valence-corrected chi connectivity index (χ3v) is 7.22. The molecule has 1 atom stereocenters. The van der Waals surface area contributed by atoms with Crippen LogP contribution in [0.3, 0.4) is 0 Å². The van der Waals surface area contributed by atoms with Crippen LogP contribution in [0.5, 0.6) is 0 Å². The van der Waals surface area contributed by atoms with Gasteiger partial charge in [0.1, 0.15) is 0 Å². The molecule has 0 saturated carbocycles. The Hall–Kier alpha value is -2.36. The maximum Gasteiger partial charge on any atom is 0.310 e. The summed E-state index contributed by atoms with van der Waals surface area (Å²) in [6.07, 6.45) is 40.7. The Morgan fingerprint density at radius 3 is 1.62 bits per heavy atom. The molecule has 0 heterocycles. The average Bonchev–Trinajstić information content (AvgIpc) is 2.93. The van der Waals surface area contributed by atoms with Crippen molar-refractivity contribution in [2.24, 2.45) is 5.92 Å². The molecule has 0 aromatic carbocycles. The first-order valence-corrected chi connectivity index (χ1v) is 16.3. The molecule has 0 aliphatic carbocycles. The maximum absolute atomic E-state index is 12.2. The minimum absolute atomic E-state index is 0.266. The summed E-state index contributed by atoms with van der Waals surface area (Å²) in [4.78, 5) is 22.7. The lowest BCUT2D eigenvalue weighted by molar-refractivity contribution is -0.141. The second kappa shape index (κ2) is 29.6. The van der Waals surface area contributed by atoms with Crippen molar-refractivity contribution < 1.29 is 19.8 Å². The van der Waals surface area contributed by atoms with E-state index in [0.29, 0.717) is 6.42 Å². The second-order valence-electron chi connectivity index (χ2n) is 10.9. The monoisotopic (exact) mass is 556 g/mol. The molecule has 0 bridgehead atoms. The van der Waals surface area contributed by atoms with Crippen LogP contribution in [0.2, 0.25) is 0 Å². The Morgan fingerprint density at radius 1 is 0.550 bits per heavy atom. The molecule has 0 fully saturated rings.